The van der Waals surface area contributed by atoms with Gasteiger partial charge in [-0.2, -0.15) is 0 Å². The molecule has 4 nitrogen and oxygen atoms in total. The van der Waals surface area contributed by atoms with Gasteiger partial charge in [-0.1, -0.05) is 127 Å². The minimum Gasteiger partial charge on any atom is -0.309 e. The van der Waals surface area contributed by atoms with Crippen molar-refractivity contribution in [3.8, 4) is 39.9 Å². The van der Waals surface area contributed by atoms with Gasteiger partial charge in [0.15, 0.2) is 17.5 Å². The second-order valence-corrected chi connectivity index (χ2v) is 13.1. The molecule has 0 aliphatic carbocycles. The molecule has 5 heteroatoms. The van der Waals surface area contributed by atoms with Crippen molar-refractivity contribution in [3.05, 3.63) is 158 Å². The van der Waals surface area contributed by atoms with Crippen molar-refractivity contribution in [2.45, 2.75) is 0 Å². The number of fused-ring (bicyclic) bond motifs is 8. The van der Waals surface area contributed by atoms with Crippen LogP contribution in [-0.2, 0) is 0 Å². The molecule has 0 saturated heterocycles. The number of hydrogen-bond acceptors (Lipinski definition) is 4. The van der Waals surface area contributed by atoms with E-state index in [1.165, 1.54) is 52.8 Å². The van der Waals surface area contributed by atoms with Crippen LogP contribution in [0.3, 0.4) is 0 Å². The molecule has 0 spiro atoms. The average molecular weight is 631 g/mol. The van der Waals surface area contributed by atoms with Gasteiger partial charge in [0.05, 0.1) is 11.0 Å². The van der Waals surface area contributed by atoms with Crippen LogP contribution in [0, 0.1) is 0 Å². The molecule has 0 N–H and O–H groups in total. The first-order valence-corrected chi connectivity index (χ1v) is 16.9. The standard InChI is InChI=1S/C43H26N4S/c1-3-13-28(14-4-1)41-44-42(29-15-5-2-6-16-29)46-43(45-41)35-20-11-19-33-32-24-23-30(26-38(32)48-40(33)35)47-36-21-10-9-18-34(36)39-31-17-8-7-12-27(31)22-25-37(39)47/h1-26H. The van der Waals surface area contributed by atoms with Crippen LogP contribution in [0.15, 0.2) is 158 Å². The molecule has 0 radical (unpaired) electrons. The summed E-state index contributed by atoms with van der Waals surface area (Å²) in [5.74, 6) is 2.01. The maximum atomic E-state index is 5.05. The molecule has 0 saturated carbocycles. The third-order valence-electron chi connectivity index (χ3n) is 9.24. The molecule has 0 aliphatic rings. The van der Waals surface area contributed by atoms with Gasteiger partial charge >= 0.3 is 0 Å². The summed E-state index contributed by atoms with van der Waals surface area (Å²) < 4.78 is 4.80. The van der Waals surface area contributed by atoms with E-state index in [1.54, 1.807) is 11.3 Å². The monoisotopic (exact) mass is 630 g/mol. The zero-order valence-electron chi connectivity index (χ0n) is 25.7. The van der Waals surface area contributed by atoms with Crippen LogP contribution >= 0.6 is 11.3 Å². The summed E-state index contributed by atoms with van der Waals surface area (Å²) in [6.07, 6.45) is 0. The lowest BCUT2D eigenvalue weighted by Gasteiger charge is -2.09. The number of benzene rings is 7. The van der Waals surface area contributed by atoms with Crippen LogP contribution < -0.4 is 0 Å². The second-order valence-electron chi connectivity index (χ2n) is 12.0. The Kier molecular flexibility index (Phi) is 6.01. The van der Waals surface area contributed by atoms with Crippen molar-refractivity contribution in [2.24, 2.45) is 0 Å². The minimum atomic E-state index is 0.666. The highest BCUT2D eigenvalue weighted by molar-refractivity contribution is 7.26. The summed E-state index contributed by atoms with van der Waals surface area (Å²) in [7, 11) is 0. The Labute approximate surface area is 280 Å². The van der Waals surface area contributed by atoms with Gasteiger partial charge in [-0.05, 0) is 41.1 Å². The first-order chi connectivity index (χ1) is 23.8. The van der Waals surface area contributed by atoms with E-state index in [2.05, 4.69) is 102 Å². The Morgan fingerprint density at radius 2 is 1.08 bits per heavy atom. The molecule has 48 heavy (non-hydrogen) atoms. The van der Waals surface area contributed by atoms with Crippen molar-refractivity contribution >= 4 is 64.1 Å². The predicted octanol–water partition coefficient (Wildman–Crippen LogP) is 11.5. The molecule has 0 bridgehead atoms. The molecule has 0 aliphatic heterocycles. The first kappa shape index (κ1) is 27.0. The molecule has 0 fully saturated rings. The van der Waals surface area contributed by atoms with Crippen molar-refractivity contribution in [2.75, 3.05) is 0 Å². The van der Waals surface area contributed by atoms with Gasteiger partial charge in [-0.3, -0.25) is 0 Å². The van der Waals surface area contributed by atoms with Crippen molar-refractivity contribution in [1.29, 1.82) is 0 Å². The van der Waals surface area contributed by atoms with E-state index in [0.717, 1.165) is 22.4 Å². The van der Waals surface area contributed by atoms with Crippen molar-refractivity contribution < 1.29 is 0 Å². The molecule has 0 atom stereocenters. The lowest BCUT2D eigenvalue weighted by atomic mass is 10.0. The van der Waals surface area contributed by atoms with Crippen LogP contribution in [0.25, 0.3) is 92.6 Å². The van der Waals surface area contributed by atoms with Gasteiger partial charge in [0.1, 0.15) is 0 Å². The van der Waals surface area contributed by atoms with Gasteiger partial charge in [0.2, 0.25) is 0 Å². The van der Waals surface area contributed by atoms with Gasteiger partial charge in [0, 0.05) is 53.3 Å². The molecule has 3 heterocycles. The molecule has 0 amide bonds. The molecule has 10 rings (SSSR count). The summed E-state index contributed by atoms with van der Waals surface area (Å²) in [5, 5.41) is 7.52. The topological polar surface area (TPSA) is 43.6 Å². The minimum absolute atomic E-state index is 0.666. The average Bonchev–Trinajstić information content (AvgIpc) is 3.71. The smallest absolute Gasteiger partial charge is 0.165 e. The normalized spacial score (nSPS) is 11.8. The molecule has 7 aromatic carbocycles. The molecule has 3 aromatic heterocycles. The van der Waals surface area contributed by atoms with E-state index in [-0.39, 0.29) is 0 Å². The Bertz CT molecular complexity index is 2780. The van der Waals surface area contributed by atoms with Crippen molar-refractivity contribution in [1.82, 2.24) is 19.5 Å². The lowest BCUT2D eigenvalue weighted by molar-refractivity contribution is 1.08. The van der Waals surface area contributed by atoms with Crippen LogP contribution in [0.1, 0.15) is 0 Å². The molecule has 10 aromatic rings. The van der Waals surface area contributed by atoms with Gasteiger partial charge in [-0.25, -0.2) is 15.0 Å². The number of aromatic nitrogens is 4. The third kappa shape index (κ3) is 4.18. The largest absolute Gasteiger partial charge is 0.309 e. The highest BCUT2D eigenvalue weighted by Crippen LogP contribution is 2.42. The number of para-hydroxylation sites is 1. The van der Waals surface area contributed by atoms with Crippen LogP contribution in [0.2, 0.25) is 0 Å². The maximum absolute atomic E-state index is 5.05. The SMILES string of the molecule is c1ccc(-c2nc(-c3ccccc3)nc(-c3cccc4c3sc3cc(-n5c6ccccc6c6c7ccccc7ccc65)ccc34)n2)cc1. The van der Waals surface area contributed by atoms with Gasteiger partial charge in [0.25, 0.3) is 0 Å². The van der Waals surface area contributed by atoms with Gasteiger partial charge in [-0.15, -0.1) is 11.3 Å². The fourth-order valence-corrected chi connectivity index (χ4v) is 8.29. The van der Waals surface area contributed by atoms with E-state index in [0.29, 0.717) is 17.5 Å². The van der Waals surface area contributed by atoms with E-state index in [1.807, 2.05) is 60.7 Å². The molecular formula is C43H26N4S. The van der Waals surface area contributed by atoms with E-state index in [4.69, 9.17) is 15.0 Å². The Balaban J connectivity index is 1.19. The maximum Gasteiger partial charge on any atom is 0.165 e. The summed E-state index contributed by atoms with van der Waals surface area (Å²) >= 11 is 1.80. The summed E-state index contributed by atoms with van der Waals surface area (Å²) in [6.45, 7) is 0. The lowest BCUT2D eigenvalue weighted by Crippen LogP contribution is -2.00. The fourth-order valence-electron chi connectivity index (χ4n) is 7.05. The number of rotatable bonds is 4. The quantitative estimate of drug-likeness (QED) is 0.194. The zero-order valence-corrected chi connectivity index (χ0v) is 26.5. The fraction of sp³-hybridized carbons (Fsp3) is 0. The highest BCUT2D eigenvalue weighted by atomic mass is 32.1. The highest BCUT2D eigenvalue weighted by Gasteiger charge is 2.18. The molecule has 224 valence electrons. The molecule has 0 unspecified atom stereocenters. The zero-order chi connectivity index (χ0) is 31.6. The Hall–Kier alpha value is -6.17. The first-order valence-electron chi connectivity index (χ1n) is 16.0. The van der Waals surface area contributed by atoms with Crippen LogP contribution in [0.5, 0.6) is 0 Å². The van der Waals surface area contributed by atoms with Gasteiger partial charge < -0.3 is 4.57 Å². The molecular weight excluding hydrogens is 605 g/mol. The Morgan fingerprint density at radius 3 is 1.85 bits per heavy atom. The van der Waals surface area contributed by atoms with E-state index >= 15 is 0 Å². The predicted molar refractivity (Wildman–Crippen MR) is 201 cm³/mol. The summed E-state index contributed by atoms with van der Waals surface area (Å²) in [5.41, 5.74) is 6.50. The number of thiophene rings is 1. The number of hydrogen-bond donors (Lipinski definition) is 0. The van der Waals surface area contributed by atoms with Crippen LogP contribution in [0.4, 0.5) is 0 Å². The van der Waals surface area contributed by atoms with Crippen molar-refractivity contribution in [3.63, 3.8) is 0 Å². The number of nitrogens with zero attached hydrogens (tertiary/aromatic N) is 4. The summed E-state index contributed by atoms with van der Waals surface area (Å²) in [4.78, 5) is 15.0. The van der Waals surface area contributed by atoms with E-state index in [9.17, 15) is 0 Å². The Morgan fingerprint density at radius 1 is 0.438 bits per heavy atom. The van der Waals surface area contributed by atoms with E-state index < -0.39 is 0 Å². The summed E-state index contributed by atoms with van der Waals surface area (Å²) in [6, 6.07) is 55.5. The second kappa shape index (κ2) is 10.7. The third-order valence-corrected chi connectivity index (χ3v) is 10.4. The van der Waals surface area contributed by atoms with Crippen LogP contribution in [-0.4, -0.2) is 19.5 Å².